The van der Waals surface area contributed by atoms with Crippen LogP contribution in [0.5, 0.6) is 0 Å². The van der Waals surface area contributed by atoms with Crippen molar-refractivity contribution < 1.29 is 14.0 Å². The number of carbonyl (C=O) groups is 2. The van der Waals surface area contributed by atoms with E-state index in [9.17, 15) is 18.8 Å². The molecule has 1 fully saturated rings. The molecule has 1 atom stereocenters. The van der Waals surface area contributed by atoms with Crippen LogP contribution in [-0.2, 0) is 16.9 Å². The Morgan fingerprint density at radius 2 is 1.83 bits per heavy atom. The molecule has 3 rings (SSSR count). The van der Waals surface area contributed by atoms with Crippen LogP contribution in [0.15, 0.2) is 34.4 Å². The van der Waals surface area contributed by atoms with E-state index in [-0.39, 0.29) is 18.0 Å². The van der Waals surface area contributed by atoms with Crippen LogP contribution in [0, 0.1) is 12.7 Å². The number of carbonyl (C=O) groups excluding carboxylic acids is 2. The second-order valence-corrected chi connectivity index (χ2v) is 6.63. The van der Waals surface area contributed by atoms with E-state index >= 15 is 0 Å². The molecule has 1 aliphatic heterocycles. The zero-order valence-electron chi connectivity index (χ0n) is 13.2. The van der Waals surface area contributed by atoms with Crippen molar-refractivity contribution in [2.24, 2.45) is 0 Å². The Balaban J connectivity index is 1.81. The fourth-order valence-corrected chi connectivity index (χ4v) is 3.51. The molecule has 6 nitrogen and oxygen atoms in total. The highest BCUT2D eigenvalue weighted by molar-refractivity contribution is 7.07. The number of nitrogens with one attached hydrogen (secondary N) is 1. The second kappa shape index (κ2) is 5.86. The Hall–Kier alpha value is -2.48. The summed E-state index contributed by atoms with van der Waals surface area (Å²) in [5, 5.41) is 4.39. The van der Waals surface area contributed by atoms with E-state index in [0.29, 0.717) is 5.56 Å². The lowest BCUT2D eigenvalue weighted by Gasteiger charge is -2.22. The van der Waals surface area contributed by atoms with Gasteiger partial charge in [0.25, 0.3) is 5.91 Å². The van der Waals surface area contributed by atoms with Crippen molar-refractivity contribution >= 4 is 23.3 Å². The smallest absolute Gasteiger partial charge is 0.319 e. The number of rotatable bonds is 4. The number of thiazole rings is 1. The van der Waals surface area contributed by atoms with Crippen LogP contribution >= 0.6 is 11.3 Å². The molecule has 0 bridgehead atoms. The van der Waals surface area contributed by atoms with Gasteiger partial charge in [0.1, 0.15) is 11.4 Å². The van der Waals surface area contributed by atoms with Gasteiger partial charge >= 0.3 is 10.9 Å². The lowest BCUT2D eigenvalue weighted by Crippen LogP contribution is -2.41. The van der Waals surface area contributed by atoms with Crippen LogP contribution < -0.4 is 10.2 Å². The Labute approximate surface area is 141 Å². The molecular weight excluding hydrogens is 333 g/mol. The van der Waals surface area contributed by atoms with Crippen LogP contribution in [-0.4, -0.2) is 28.0 Å². The fraction of sp³-hybridized carbons (Fsp3) is 0.312. The monoisotopic (exact) mass is 349 g/mol. The van der Waals surface area contributed by atoms with E-state index in [1.807, 2.05) is 0 Å². The van der Waals surface area contributed by atoms with Crippen molar-refractivity contribution in [1.82, 2.24) is 14.8 Å². The van der Waals surface area contributed by atoms with Crippen molar-refractivity contribution in [2.45, 2.75) is 25.9 Å². The number of benzene rings is 1. The summed E-state index contributed by atoms with van der Waals surface area (Å²) in [6.07, 6.45) is 0. The number of halogens is 1. The van der Waals surface area contributed by atoms with Crippen LogP contribution in [0.4, 0.5) is 9.18 Å². The number of hydrogen-bond acceptors (Lipinski definition) is 4. The first-order valence-electron chi connectivity index (χ1n) is 7.38. The zero-order valence-corrected chi connectivity index (χ0v) is 14.0. The quantitative estimate of drug-likeness (QED) is 0.856. The van der Waals surface area contributed by atoms with Gasteiger partial charge in [0, 0.05) is 24.2 Å². The standard InChI is InChI=1S/C16H16FN3O3S/c1-10-9-24-15(23)19(10)7-8-20-13(21)16(2,18-14(20)22)11-3-5-12(17)6-4-11/h3-6,9H,7-8H2,1-2H3,(H,18,22)/t16-/m1/s1. The topological polar surface area (TPSA) is 71.4 Å². The van der Waals surface area contributed by atoms with Gasteiger partial charge in [-0.15, -0.1) is 0 Å². The Morgan fingerprint density at radius 1 is 1.17 bits per heavy atom. The third-order valence-electron chi connectivity index (χ3n) is 4.22. The van der Waals surface area contributed by atoms with Gasteiger partial charge in [-0.25, -0.2) is 9.18 Å². The molecule has 8 heteroatoms. The van der Waals surface area contributed by atoms with Crippen molar-refractivity contribution in [3.05, 3.63) is 56.4 Å². The second-order valence-electron chi connectivity index (χ2n) is 5.81. The maximum absolute atomic E-state index is 13.1. The van der Waals surface area contributed by atoms with E-state index in [0.717, 1.165) is 21.9 Å². The average Bonchev–Trinajstić information content (AvgIpc) is 2.97. The first-order chi connectivity index (χ1) is 11.3. The molecule has 0 unspecified atom stereocenters. The molecule has 1 aromatic carbocycles. The highest BCUT2D eigenvalue weighted by Gasteiger charge is 2.48. The molecule has 2 heterocycles. The molecule has 0 aliphatic carbocycles. The van der Waals surface area contributed by atoms with Gasteiger partial charge in [0.2, 0.25) is 0 Å². The summed E-state index contributed by atoms with van der Waals surface area (Å²) >= 11 is 1.08. The maximum atomic E-state index is 13.1. The number of aryl methyl sites for hydroxylation is 1. The summed E-state index contributed by atoms with van der Waals surface area (Å²) in [5.41, 5.74) is 0.0615. The van der Waals surface area contributed by atoms with Crippen molar-refractivity contribution in [3.63, 3.8) is 0 Å². The number of nitrogens with zero attached hydrogens (tertiary/aromatic N) is 2. The first-order valence-corrected chi connectivity index (χ1v) is 8.26. The molecule has 1 aromatic heterocycles. The van der Waals surface area contributed by atoms with Crippen LogP contribution in [0.3, 0.4) is 0 Å². The van der Waals surface area contributed by atoms with Crippen LogP contribution in [0.2, 0.25) is 0 Å². The number of aromatic nitrogens is 1. The van der Waals surface area contributed by atoms with Gasteiger partial charge in [-0.1, -0.05) is 23.5 Å². The van der Waals surface area contributed by atoms with Crippen LogP contribution in [0.25, 0.3) is 0 Å². The molecule has 3 amide bonds. The van der Waals surface area contributed by atoms with E-state index in [1.54, 1.807) is 19.2 Å². The normalized spacial score (nSPS) is 20.5. The van der Waals surface area contributed by atoms with E-state index in [4.69, 9.17) is 0 Å². The summed E-state index contributed by atoms with van der Waals surface area (Å²) in [6, 6.07) is 4.93. The largest absolute Gasteiger partial charge is 0.325 e. The molecular formula is C16H16FN3O3S. The number of hydrogen-bond donors (Lipinski definition) is 1. The lowest BCUT2D eigenvalue weighted by atomic mass is 9.92. The molecule has 2 aromatic rings. The highest BCUT2D eigenvalue weighted by atomic mass is 32.1. The first kappa shape index (κ1) is 16.4. The van der Waals surface area contributed by atoms with E-state index in [2.05, 4.69) is 5.32 Å². The Bertz CT molecular complexity index is 858. The minimum Gasteiger partial charge on any atom is -0.319 e. The number of imide groups is 1. The fourth-order valence-electron chi connectivity index (χ4n) is 2.75. The third-order valence-corrected chi connectivity index (χ3v) is 5.10. The summed E-state index contributed by atoms with van der Waals surface area (Å²) in [5.74, 6) is -0.830. The zero-order chi connectivity index (χ0) is 17.5. The van der Waals surface area contributed by atoms with Crippen molar-refractivity contribution in [1.29, 1.82) is 0 Å². The summed E-state index contributed by atoms with van der Waals surface area (Å²) in [7, 11) is 0. The molecule has 0 radical (unpaired) electrons. The Morgan fingerprint density at radius 3 is 2.42 bits per heavy atom. The van der Waals surface area contributed by atoms with E-state index in [1.165, 1.54) is 28.8 Å². The molecule has 126 valence electrons. The molecule has 0 spiro atoms. The number of urea groups is 1. The molecule has 1 N–H and O–H groups in total. The van der Waals surface area contributed by atoms with Gasteiger partial charge in [-0.3, -0.25) is 14.5 Å². The molecule has 24 heavy (non-hydrogen) atoms. The number of amides is 3. The van der Waals surface area contributed by atoms with Gasteiger partial charge in [0.05, 0.1) is 0 Å². The van der Waals surface area contributed by atoms with Crippen molar-refractivity contribution in [3.8, 4) is 0 Å². The summed E-state index contributed by atoms with van der Waals surface area (Å²) < 4.78 is 14.6. The van der Waals surface area contributed by atoms with Gasteiger partial charge in [-0.05, 0) is 31.5 Å². The molecule has 1 saturated heterocycles. The Kier molecular flexibility index (Phi) is 4.00. The van der Waals surface area contributed by atoms with Crippen molar-refractivity contribution in [2.75, 3.05) is 6.54 Å². The summed E-state index contributed by atoms with van der Waals surface area (Å²) in [4.78, 5) is 37.6. The highest BCUT2D eigenvalue weighted by Crippen LogP contribution is 2.28. The van der Waals surface area contributed by atoms with Gasteiger partial charge < -0.3 is 9.88 Å². The molecule has 0 saturated carbocycles. The van der Waals surface area contributed by atoms with Gasteiger partial charge in [0.15, 0.2) is 0 Å². The van der Waals surface area contributed by atoms with Crippen LogP contribution in [0.1, 0.15) is 18.2 Å². The third kappa shape index (κ3) is 2.62. The lowest BCUT2D eigenvalue weighted by molar-refractivity contribution is -0.131. The van der Waals surface area contributed by atoms with Gasteiger partial charge in [-0.2, -0.15) is 0 Å². The molecule has 1 aliphatic rings. The predicted molar refractivity (Wildman–Crippen MR) is 87.3 cm³/mol. The maximum Gasteiger partial charge on any atom is 0.325 e. The predicted octanol–water partition coefficient (Wildman–Crippen LogP) is 1.82. The minimum atomic E-state index is -1.24. The minimum absolute atomic E-state index is 0.0962. The average molecular weight is 349 g/mol. The van der Waals surface area contributed by atoms with E-state index < -0.39 is 23.3 Å². The SMILES string of the molecule is Cc1csc(=O)n1CCN1C(=O)N[C@](C)(c2ccc(F)cc2)C1=O. The summed E-state index contributed by atoms with van der Waals surface area (Å²) in [6.45, 7) is 3.72.